The third-order valence-electron chi connectivity index (χ3n) is 2.60. The minimum Gasteiger partial charge on any atom is -0.356 e. The van der Waals surface area contributed by atoms with Crippen LogP contribution in [-0.2, 0) is 0 Å². The number of nitrogens with zero attached hydrogens (tertiary/aromatic N) is 3. The molecule has 2 rings (SSSR count). The Balaban J connectivity index is 2.04. The Labute approximate surface area is 90.7 Å². The Morgan fingerprint density at radius 1 is 1.40 bits per heavy atom. The smallest absolute Gasteiger partial charge is 0.224 e. The van der Waals surface area contributed by atoms with Crippen molar-refractivity contribution in [2.45, 2.75) is 26.2 Å². The van der Waals surface area contributed by atoms with Crippen LogP contribution in [0.3, 0.4) is 0 Å². The van der Waals surface area contributed by atoms with Crippen LogP contribution in [0.4, 0.5) is 11.8 Å². The van der Waals surface area contributed by atoms with Crippen molar-refractivity contribution in [2.75, 3.05) is 29.9 Å². The first kappa shape index (κ1) is 10.2. The Morgan fingerprint density at radius 3 is 2.93 bits per heavy atom. The summed E-state index contributed by atoms with van der Waals surface area (Å²) in [5.41, 5.74) is 0. The largest absolute Gasteiger partial charge is 0.356 e. The van der Waals surface area contributed by atoms with Crippen molar-refractivity contribution in [2.24, 2.45) is 0 Å². The first-order chi connectivity index (χ1) is 7.40. The van der Waals surface area contributed by atoms with Crippen LogP contribution >= 0.6 is 0 Å². The van der Waals surface area contributed by atoms with E-state index in [1.54, 1.807) is 0 Å². The van der Waals surface area contributed by atoms with Gasteiger partial charge in [0.15, 0.2) is 0 Å². The summed E-state index contributed by atoms with van der Waals surface area (Å²) < 4.78 is 0. The summed E-state index contributed by atoms with van der Waals surface area (Å²) >= 11 is 0. The maximum Gasteiger partial charge on any atom is 0.224 e. The first-order valence-electron chi connectivity index (χ1n) is 5.72. The SMILES string of the molecule is CCCNc1nccc(N2CCCC2)n1. The second-order valence-electron chi connectivity index (χ2n) is 3.86. The van der Waals surface area contributed by atoms with Crippen LogP contribution in [0.2, 0.25) is 0 Å². The zero-order valence-electron chi connectivity index (χ0n) is 9.24. The molecule has 0 aliphatic carbocycles. The molecule has 1 aliphatic rings. The first-order valence-corrected chi connectivity index (χ1v) is 5.72. The fourth-order valence-corrected chi connectivity index (χ4v) is 1.79. The number of rotatable bonds is 4. The highest BCUT2D eigenvalue weighted by Gasteiger charge is 2.13. The molecule has 1 fully saturated rings. The van der Waals surface area contributed by atoms with Crippen molar-refractivity contribution in [1.82, 2.24) is 9.97 Å². The molecule has 0 aromatic carbocycles. The molecule has 1 aromatic rings. The summed E-state index contributed by atoms with van der Waals surface area (Å²) in [6.07, 6.45) is 5.49. The van der Waals surface area contributed by atoms with Crippen LogP contribution in [0.5, 0.6) is 0 Å². The molecule has 4 nitrogen and oxygen atoms in total. The van der Waals surface area contributed by atoms with Gasteiger partial charge in [-0.2, -0.15) is 4.98 Å². The highest BCUT2D eigenvalue weighted by atomic mass is 15.2. The van der Waals surface area contributed by atoms with E-state index in [4.69, 9.17) is 0 Å². The van der Waals surface area contributed by atoms with E-state index in [-0.39, 0.29) is 0 Å². The monoisotopic (exact) mass is 206 g/mol. The minimum absolute atomic E-state index is 0.751. The molecule has 2 heterocycles. The van der Waals surface area contributed by atoms with Crippen molar-refractivity contribution in [3.05, 3.63) is 12.3 Å². The molecule has 0 spiro atoms. The number of hydrogen-bond acceptors (Lipinski definition) is 4. The maximum atomic E-state index is 4.50. The van der Waals surface area contributed by atoms with Gasteiger partial charge in [0.25, 0.3) is 0 Å². The van der Waals surface area contributed by atoms with Gasteiger partial charge in [0.1, 0.15) is 5.82 Å². The molecule has 1 N–H and O–H groups in total. The van der Waals surface area contributed by atoms with E-state index in [9.17, 15) is 0 Å². The van der Waals surface area contributed by atoms with Crippen molar-refractivity contribution in [1.29, 1.82) is 0 Å². The van der Waals surface area contributed by atoms with Crippen LogP contribution in [0.25, 0.3) is 0 Å². The number of nitrogens with one attached hydrogen (secondary N) is 1. The summed E-state index contributed by atoms with van der Waals surface area (Å²) in [5.74, 6) is 1.81. The van der Waals surface area contributed by atoms with Gasteiger partial charge in [-0.3, -0.25) is 0 Å². The summed E-state index contributed by atoms with van der Waals surface area (Å²) in [6.45, 7) is 5.33. The standard InChI is InChI=1S/C11H18N4/c1-2-6-12-11-13-7-5-10(14-11)15-8-3-4-9-15/h5,7H,2-4,6,8-9H2,1H3,(H,12,13,14). The zero-order chi connectivity index (χ0) is 10.5. The molecule has 0 saturated carbocycles. The highest BCUT2D eigenvalue weighted by Crippen LogP contribution is 2.17. The van der Waals surface area contributed by atoms with Crippen LogP contribution < -0.4 is 10.2 Å². The molecule has 0 bridgehead atoms. The topological polar surface area (TPSA) is 41.1 Å². The molecule has 0 radical (unpaired) electrons. The van der Waals surface area contributed by atoms with E-state index in [1.807, 2.05) is 12.3 Å². The second-order valence-corrected chi connectivity index (χ2v) is 3.86. The third-order valence-corrected chi connectivity index (χ3v) is 2.60. The van der Waals surface area contributed by atoms with E-state index in [2.05, 4.69) is 27.1 Å². The Hall–Kier alpha value is -1.32. The predicted octanol–water partition coefficient (Wildman–Crippen LogP) is 1.90. The molecule has 0 unspecified atom stereocenters. The van der Waals surface area contributed by atoms with Crippen molar-refractivity contribution in [3.63, 3.8) is 0 Å². The minimum atomic E-state index is 0.751. The third kappa shape index (κ3) is 2.58. The lowest BCUT2D eigenvalue weighted by Gasteiger charge is -2.16. The average molecular weight is 206 g/mol. The average Bonchev–Trinajstić information content (AvgIpc) is 2.80. The maximum absolute atomic E-state index is 4.50. The lowest BCUT2D eigenvalue weighted by molar-refractivity contribution is 0.911. The van der Waals surface area contributed by atoms with Crippen molar-refractivity contribution >= 4 is 11.8 Å². The Kier molecular flexibility index (Phi) is 3.37. The van der Waals surface area contributed by atoms with Gasteiger partial charge >= 0.3 is 0 Å². The number of anilines is 2. The van der Waals surface area contributed by atoms with Crippen molar-refractivity contribution < 1.29 is 0 Å². The molecule has 0 atom stereocenters. The van der Waals surface area contributed by atoms with Gasteiger partial charge in [0, 0.05) is 25.8 Å². The molecule has 1 saturated heterocycles. The molecular formula is C11H18N4. The summed E-state index contributed by atoms with van der Waals surface area (Å²) in [7, 11) is 0. The summed E-state index contributed by atoms with van der Waals surface area (Å²) in [6, 6.07) is 1.99. The summed E-state index contributed by atoms with van der Waals surface area (Å²) in [4.78, 5) is 11.0. The predicted molar refractivity (Wildman–Crippen MR) is 62.3 cm³/mol. The molecule has 4 heteroatoms. The normalized spacial score (nSPS) is 15.7. The van der Waals surface area contributed by atoms with Gasteiger partial charge in [0.2, 0.25) is 5.95 Å². The fourth-order valence-electron chi connectivity index (χ4n) is 1.79. The quantitative estimate of drug-likeness (QED) is 0.817. The molecule has 82 valence electrons. The van der Waals surface area contributed by atoms with E-state index in [0.29, 0.717) is 0 Å². The lowest BCUT2D eigenvalue weighted by atomic mass is 10.4. The van der Waals surface area contributed by atoms with Crippen molar-refractivity contribution in [3.8, 4) is 0 Å². The van der Waals surface area contributed by atoms with Crippen LogP contribution in [0.1, 0.15) is 26.2 Å². The molecule has 15 heavy (non-hydrogen) atoms. The second kappa shape index (κ2) is 4.96. The molecule has 0 amide bonds. The number of aromatic nitrogens is 2. The van der Waals surface area contributed by atoms with Gasteiger partial charge in [-0.1, -0.05) is 6.92 Å². The zero-order valence-corrected chi connectivity index (χ0v) is 9.24. The van der Waals surface area contributed by atoms with Gasteiger partial charge < -0.3 is 10.2 Å². The van der Waals surface area contributed by atoms with Gasteiger partial charge in [-0.25, -0.2) is 4.98 Å². The lowest BCUT2D eigenvalue weighted by Crippen LogP contribution is -2.19. The van der Waals surface area contributed by atoms with E-state index in [0.717, 1.165) is 37.8 Å². The highest BCUT2D eigenvalue weighted by molar-refractivity contribution is 5.43. The van der Waals surface area contributed by atoms with E-state index in [1.165, 1.54) is 12.8 Å². The van der Waals surface area contributed by atoms with Crippen LogP contribution in [0.15, 0.2) is 12.3 Å². The Bertz CT molecular complexity index is 307. The van der Waals surface area contributed by atoms with Crippen LogP contribution in [0, 0.1) is 0 Å². The van der Waals surface area contributed by atoms with E-state index < -0.39 is 0 Å². The fraction of sp³-hybridized carbons (Fsp3) is 0.636. The summed E-state index contributed by atoms with van der Waals surface area (Å²) in [5, 5.41) is 3.21. The number of hydrogen-bond donors (Lipinski definition) is 1. The van der Waals surface area contributed by atoms with Gasteiger partial charge in [-0.15, -0.1) is 0 Å². The van der Waals surface area contributed by atoms with Crippen LogP contribution in [-0.4, -0.2) is 29.6 Å². The molecule has 1 aliphatic heterocycles. The Morgan fingerprint density at radius 2 is 2.20 bits per heavy atom. The van der Waals surface area contributed by atoms with Gasteiger partial charge in [0.05, 0.1) is 0 Å². The van der Waals surface area contributed by atoms with E-state index >= 15 is 0 Å². The molecular weight excluding hydrogens is 188 g/mol. The van der Waals surface area contributed by atoms with Gasteiger partial charge in [-0.05, 0) is 25.3 Å². The molecule has 1 aromatic heterocycles.